The molecule has 0 aromatic rings. The monoisotopic (exact) mass is 222 g/mol. The maximum Gasteiger partial charge on any atom is -0.0320 e. The van der Waals surface area contributed by atoms with Crippen molar-refractivity contribution in [1.82, 2.24) is 0 Å². The lowest BCUT2D eigenvalue weighted by Crippen LogP contribution is -1.94. The third-order valence-electron chi connectivity index (χ3n) is 3.86. The third-order valence-corrected chi connectivity index (χ3v) is 3.86. The molecule has 1 atom stereocenters. The molecular weight excluding hydrogens is 192 g/mol. The average molecular weight is 222 g/mol. The van der Waals surface area contributed by atoms with E-state index in [2.05, 4.69) is 19.9 Å². The molecular formula is C16H30. The summed E-state index contributed by atoms with van der Waals surface area (Å²) in [5.74, 6) is 0.952. The molecule has 0 radical (unpaired) electrons. The highest BCUT2D eigenvalue weighted by molar-refractivity contribution is 5.03. The summed E-state index contributed by atoms with van der Waals surface area (Å²) in [5.41, 5.74) is 1.76. The number of allylic oxidation sites excluding steroid dienone is 2. The smallest absolute Gasteiger partial charge is 0.0320 e. The lowest BCUT2D eigenvalue weighted by molar-refractivity contribution is 0.460. The van der Waals surface area contributed by atoms with Gasteiger partial charge in [0.15, 0.2) is 0 Å². The van der Waals surface area contributed by atoms with E-state index in [4.69, 9.17) is 0 Å². The van der Waals surface area contributed by atoms with Crippen molar-refractivity contribution in [3.63, 3.8) is 0 Å². The van der Waals surface area contributed by atoms with Gasteiger partial charge in [-0.1, -0.05) is 57.6 Å². The fourth-order valence-corrected chi connectivity index (χ4v) is 2.79. The fourth-order valence-electron chi connectivity index (χ4n) is 2.79. The summed E-state index contributed by atoms with van der Waals surface area (Å²) in [6.45, 7) is 4.71. The van der Waals surface area contributed by atoms with Crippen LogP contribution in [0.25, 0.3) is 0 Å². The first-order chi connectivity index (χ1) is 7.83. The van der Waals surface area contributed by atoms with E-state index in [9.17, 15) is 0 Å². The van der Waals surface area contributed by atoms with E-state index < -0.39 is 0 Å². The molecule has 0 aromatic heterocycles. The Bertz CT molecular complexity index is 190. The fraction of sp³-hybridized carbons (Fsp3) is 0.875. The van der Waals surface area contributed by atoms with Crippen LogP contribution in [-0.2, 0) is 0 Å². The molecule has 16 heavy (non-hydrogen) atoms. The molecule has 0 spiro atoms. The molecule has 1 aliphatic rings. The van der Waals surface area contributed by atoms with Gasteiger partial charge in [-0.25, -0.2) is 0 Å². The zero-order chi connectivity index (χ0) is 11.6. The van der Waals surface area contributed by atoms with Gasteiger partial charge in [-0.2, -0.15) is 0 Å². The molecule has 94 valence electrons. The molecule has 0 saturated heterocycles. The van der Waals surface area contributed by atoms with Crippen LogP contribution >= 0.6 is 0 Å². The SMILES string of the molecule is CCCC(C)CCCCC1=CCCCCC1. The molecule has 0 saturated carbocycles. The van der Waals surface area contributed by atoms with E-state index in [-0.39, 0.29) is 0 Å². The first kappa shape index (κ1) is 13.8. The summed E-state index contributed by atoms with van der Waals surface area (Å²) < 4.78 is 0. The highest BCUT2D eigenvalue weighted by atomic mass is 14.1. The van der Waals surface area contributed by atoms with Gasteiger partial charge in [-0.3, -0.25) is 0 Å². The van der Waals surface area contributed by atoms with Gasteiger partial charge in [-0.05, 0) is 44.4 Å². The van der Waals surface area contributed by atoms with E-state index in [1.807, 2.05) is 0 Å². The standard InChI is InChI=1S/C16H30/c1-3-10-15(2)11-8-9-14-16-12-6-4-5-7-13-16/h12,15H,3-11,13-14H2,1-2H3. The Morgan fingerprint density at radius 2 is 2.00 bits per heavy atom. The minimum atomic E-state index is 0.952. The van der Waals surface area contributed by atoms with E-state index in [1.54, 1.807) is 5.57 Å². The molecule has 0 fully saturated rings. The third kappa shape index (κ3) is 6.35. The quantitative estimate of drug-likeness (QED) is 0.373. The van der Waals surface area contributed by atoms with Gasteiger partial charge in [0.2, 0.25) is 0 Å². The van der Waals surface area contributed by atoms with Crippen LogP contribution in [0.3, 0.4) is 0 Å². The maximum absolute atomic E-state index is 2.53. The van der Waals surface area contributed by atoms with Crippen LogP contribution in [-0.4, -0.2) is 0 Å². The number of hydrogen-bond donors (Lipinski definition) is 0. The first-order valence-corrected chi connectivity index (χ1v) is 7.50. The molecule has 1 unspecified atom stereocenters. The number of hydrogen-bond acceptors (Lipinski definition) is 0. The minimum absolute atomic E-state index is 0.952. The molecule has 0 heteroatoms. The molecule has 0 N–H and O–H groups in total. The highest BCUT2D eigenvalue weighted by Crippen LogP contribution is 2.23. The van der Waals surface area contributed by atoms with Crippen LogP contribution in [0.15, 0.2) is 11.6 Å². The Kier molecular flexibility index (Phi) is 7.63. The van der Waals surface area contributed by atoms with Crippen molar-refractivity contribution >= 4 is 0 Å². The predicted octanol–water partition coefficient (Wildman–Crippen LogP) is 5.87. The minimum Gasteiger partial charge on any atom is -0.0853 e. The van der Waals surface area contributed by atoms with Crippen LogP contribution in [0.4, 0.5) is 0 Å². The summed E-state index contributed by atoms with van der Waals surface area (Å²) in [6.07, 6.45) is 18.1. The molecule has 0 heterocycles. The maximum atomic E-state index is 2.53. The second-order valence-electron chi connectivity index (χ2n) is 5.60. The van der Waals surface area contributed by atoms with Crippen LogP contribution in [0, 0.1) is 5.92 Å². The van der Waals surface area contributed by atoms with E-state index in [0.717, 1.165) is 5.92 Å². The van der Waals surface area contributed by atoms with E-state index in [0.29, 0.717) is 0 Å². The molecule has 0 aliphatic heterocycles. The highest BCUT2D eigenvalue weighted by Gasteiger charge is 2.04. The zero-order valence-corrected chi connectivity index (χ0v) is 11.4. The largest absolute Gasteiger partial charge is 0.0853 e. The van der Waals surface area contributed by atoms with Crippen molar-refractivity contribution in [2.45, 2.75) is 84.5 Å². The average Bonchev–Trinajstić information content (AvgIpc) is 2.53. The van der Waals surface area contributed by atoms with Gasteiger partial charge in [0.1, 0.15) is 0 Å². The van der Waals surface area contributed by atoms with Crippen molar-refractivity contribution in [2.75, 3.05) is 0 Å². The second-order valence-corrected chi connectivity index (χ2v) is 5.60. The predicted molar refractivity (Wildman–Crippen MR) is 73.7 cm³/mol. The molecule has 1 rings (SSSR count). The van der Waals surface area contributed by atoms with E-state index in [1.165, 1.54) is 70.6 Å². The molecule has 1 aliphatic carbocycles. The van der Waals surface area contributed by atoms with Crippen molar-refractivity contribution in [2.24, 2.45) is 5.92 Å². The topological polar surface area (TPSA) is 0 Å². The Hall–Kier alpha value is -0.260. The van der Waals surface area contributed by atoms with Crippen molar-refractivity contribution in [3.8, 4) is 0 Å². The van der Waals surface area contributed by atoms with Crippen molar-refractivity contribution < 1.29 is 0 Å². The zero-order valence-electron chi connectivity index (χ0n) is 11.4. The molecule has 0 bridgehead atoms. The van der Waals surface area contributed by atoms with Crippen molar-refractivity contribution in [3.05, 3.63) is 11.6 Å². The summed E-state index contributed by atoms with van der Waals surface area (Å²) >= 11 is 0. The second kappa shape index (κ2) is 8.84. The van der Waals surface area contributed by atoms with Crippen molar-refractivity contribution in [1.29, 1.82) is 0 Å². The van der Waals surface area contributed by atoms with Gasteiger partial charge < -0.3 is 0 Å². The summed E-state index contributed by atoms with van der Waals surface area (Å²) in [5, 5.41) is 0. The van der Waals surface area contributed by atoms with Gasteiger partial charge in [0, 0.05) is 0 Å². The van der Waals surface area contributed by atoms with Crippen LogP contribution in [0.2, 0.25) is 0 Å². The Morgan fingerprint density at radius 1 is 1.12 bits per heavy atom. The van der Waals surface area contributed by atoms with Crippen LogP contribution < -0.4 is 0 Å². The number of unbranched alkanes of at least 4 members (excludes halogenated alkanes) is 1. The van der Waals surface area contributed by atoms with Crippen LogP contribution in [0.5, 0.6) is 0 Å². The summed E-state index contributed by atoms with van der Waals surface area (Å²) in [6, 6.07) is 0. The van der Waals surface area contributed by atoms with Gasteiger partial charge in [-0.15, -0.1) is 0 Å². The van der Waals surface area contributed by atoms with Gasteiger partial charge in [0.25, 0.3) is 0 Å². The summed E-state index contributed by atoms with van der Waals surface area (Å²) in [4.78, 5) is 0. The normalized spacial score (nSPS) is 19.0. The Morgan fingerprint density at radius 3 is 2.81 bits per heavy atom. The van der Waals surface area contributed by atoms with E-state index >= 15 is 0 Å². The number of rotatable bonds is 7. The molecule has 0 nitrogen and oxygen atoms in total. The molecule has 0 aromatic carbocycles. The van der Waals surface area contributed by atoms with Gasteiger partial charge in [0.05, 0.1) is 0 Å². The van der Waals surface area contributed by atoms with Gasteiger partial charge >= 0.3 is 0 Å². The molecule has 0 amide bonds. The first-order valence-electron chi connectivity index (χ1n) is 7.50. The lowest BCUT2D eigenvalue weighted by Gasteiger charge is -2.10. The lowest BCUT2D eigenvalue weighted by atomic mass is 9.96. The van der Waals surface area contributed by atoms with Crippen LogP contribution in [0.1, 0.15) is 84.5 Å². The Balaban J connectivity index is 2.03. The summed E-state index contributed by atoms with van der Waals surface area (Å²) in [7, 11) is 0. The Labute approximate surface area is 103 Å².